The number of likely N-dealkylation sites (tertiary alicyclic amines) is 1. The van der Waals surface area contributed by atoms with Gasteiger partial charge < -0.3 is 10.1 Å². The predicted octanol–water partition coefficient (Wildman–Crippen LogP) is 2.28. The molecule has 0 radical (unpaired) electrons. The quantitative estimate of drug-likeness (QED) is 0.905. The molecule has 2 fully saturated rings. The molecule has 2 aliphatic heterocycles. The Hall–Kier alpha value is -1.46. The van der Waals surface area contributed by atoms with E-state index >= 15 is 0 Å². The maximum Gasteiger partial charge on any atom is 0.217 e. The van der Waals surface area contributed by atoms with Crippen LogP contribution in [0.5, 0.6) is 0 Å². The Labute approximate surface area is 138 Å². The standard InChI is InChI=1S/C18H27N3O2/c1-14(22)19-12-16-4-2-5-17(20-16)18-6-3-9-21(18)13-15-7-10-23-11-8-15/h2,4-5,15,18H,3,6-13H2,1H3,(H,19,22). The number of hydrogen-bond acceptors (Lipinski definition) is 4. The molecule has 0 aromatic carbocycles. The van der Waals surface area contributed by atoms with E-state index in [2.05, 4.69) is 22.3 Å². The first-order chi connectivity index (χ1) is 11.2. The van der Waals surface area contributed by atoms with E-state index in [1.165, 1.54) is 39.2 Å². The molecule has 126 valence electrons. The number of carbonyl (C=O) groups is 1. The highest BCUT2D eigenvalue weighted by atomic mass is 16.5. The Morgan fingerprint density at radius 2 is 2.17 bits per heavy atom. The highest BCUT2D eigenvalue weighted by molar-refractivity contribution is 5.72. The van der Waals surface area contributed by atoms with Crippen molar-refractivity contribution in [3.63, 3.8) is 0 Å². The number of hydrogen-bond donors (Lipinski definition) is 1. The van der Waals surface area contributed by atoms with Gasteiger partial charge in [0.15, 0.2) is 0 Å². The number of pyridine rings is 1. The molecule has 2 saturated heterocycles. The molecule has 0 saturated carbocycles. The third kappa shape index (κ3) is 4.52. The van der Waals surface area contributed by atoms with Gasteiger partial charge in [0.1, 0.15) is 0 Å². The number of nitrogens with zero attached hydrogens (tertiary/aromatic N) is 2. The van der Waals surface area contributed by atoms with Crippen LogP contribution in [0.25, 0.3) is 0 Å². The van der Waals surface area contributed by atoms with Crippen LogP contribution in [0, 0.1) is 5.92 Å². The first-order valence-corrected chi connectivity index (χ1v) is 8.74. The second-order valence-electron chi connectivity index (χ2n) is 6.67. The van der Waals surface area contributed by atoms with Crippen molar-refractivity contribution in [1.82, 2.24) is 15.2 Å². The van der Waals surface area contributed by atoms with Gasteiger partial charge in [0, 0.05) is 26.7 Å². The van der Waals surface area contributed by atoms with Gasteiger partial charge in [-0.1, -0.05) is 6.07 Å². The SMILES string of the molecule is CC(=O)NCc1cccc(C2CCCN2CC2CCOCC2)n1. The van der Waals surface area contributed by atoms with Crippen LogP contribution >= 0.6 is 0 Å². The van der Waals surface area contributed by atoms with E-state index in [0.29, 0.717) is 12.6 Å². The summed E-state index contributed by atoms with van der Waals surface area (Å²) in [5.41, 5.74) is 2.09. The molecular formula is C18H27N3O2. The molecule has 0 aliphatic carbocycles. The molecule has 1 aromatic rings. The summed E-state index contributed by atoms with van der Waals surface area (Å²) in [5, 5.41) is 2.83. The van der Waals surface area contributed by atoms with Crippen LogP contribution in [0.15, 0.2) is 18.2 Å². The number of rotatable bonds is 5. The van der Waals surface area contributed by atoms with Crippen molar-refractivity contribution in [3.05, 3.63) is 29.6 Å². The van der Waals surface area contributed by atoms with Crippen LogP contribution in [0.4, 0.5) is 0 Å². The second-order valence-corrected chi connectivity index (χ2v) is 6.67. The number of aromatic nitrogens is 1. The number of nitrogens with one attached hydrogen (secondary N) is 1. The van der Waals surface area contributed by atoms with Crippen molar-refractivity contribution >= 4 is 5.91 Å². The lowest BCUT2D eigenvalue weighted by atomic mass is 9.99. The summed E-state index contributed by atoms with van der Waals surface area (Å²) in [5.74, 6) is 0.742. The Morgan fingerprint density at radius 3 is 2.96 bits per heavy atom. The summed E-state index contributed by atoms with van der Waals surface area (Å²) in [7, 11) is 0. The third-order valence-corrected chi connectivity index (χ3v) is 4.89. The number of carbonyl (C=O) groups excluding carboxylic acids is 1. The van der Waals surface area contributed by atoms with E-state index in [1.807, 2.05) is 6.07 Å². The molecule has 0 spiro atoms. The van der Waals surface area contributed by atoms with Crippen molar-refractivity contribution in [2.75, 3.05) is 26.3 Å². The van der Waals surface area contributed by atoms with Gasteiger partial charge in [-0.3, -0.25) is 14.7 Å². The van der Waals surface area contributed by atoms with E-state index in [4.69, 9.17) is 9.72 Å². The van der Waals surface area contributed by atoms with Gasteiger partial charge in [0.2, 0.25) is 5.91 Å². The average Bonchev–Trinajstić information content (AvgIpc) is 3.02. The van der Waals surface area contributed by atoms with Crippen LogP contribution < -0.4 is 5.32 Å². The Morgan fingerprint density at radius 1 is 1.35 bits per heavy atom. The van der Waals surface area contributed by atoms with Gasteiger partial charge in [-0.15, -0.1) is 0 Å². The minimum atomic E-state index is -0.0146. The topological polar surface area (TPSA) is 54.5 Å². The van der Waals surface area contributed by atoms with Crippen LogP contribution in [-0.2, 0) is 16.1 Å². The van der Waals surface area contributed by atoms with Gasteiger partial charge in [-0.05, 0) is 50.3 Å². The molecule has 5 heteroatoms. The van der Waals surface area contributed by atoms with E-state index < -0.39 is 0 Å². The van der Waals surface area contributed by atoms with Gasteiger partial charge in [0.05, 0.1) is 24.0 Å². The summed E-state index contributed by atoms with van der Waals surface area (Å²) >= 11 is 0. The first kappa shape index (κ1) is 16.4. The molecule has 1 atom stereocenters. The minimum absolute atomic E-state index is 0.0146. The lowest BCUT2D eigenvalue weighted by molar-refractivity contribution is -0.119. The fourth-order valence-corrected chi connectivity index (χ4v) is 3.64. The molecule has 3 heterocycles. The van der Waals surface area contributed by atoms with E-state index in [1.54, 1.807) is 0 Å². The third-order valence-electron chi connectivity index (χ3n) is 4.89. The van der Waals surface area contributed by atoms with Crippen molar-refractivity contribution in [2.45, 2.75) is 45.2 Å². The summed E-state index contributed by atoms with van der Waals surface area (Å²) in [6.07, 6.45) is 4.78. The van der Waals surface area contributed by atoms with Gasteiger partial charge in [-0.2, -0.15) is 0 Å². The molecule has 1 N–H and O–H groups in total. The Balaban J connectivity index is 1.64. The highest BCUT2D eigenvalue weighted by Crippen LogP contribution is 2.32. The van der Waals surface area contributed by atoms with Crippen molar-refractivity contribution < 1.29 is 9.53 Å². The summed E-state index contributed by atoms with van der Waals surface area (Å²) in [4.78, 5) is 18.5. The zero-order valence-corrected chi connectivity index (χ0v) is 14.0. The first-order valence-electron chi connectivity index (χ1n) is 8.74. The molecule has 3 rings (SSSR count). The van der Waals surface area contributed by atoms with Crippen LogP contribution in [0.2, 0.25) is 0 Å². The van der Waals surface area contributed by atoms with Crippen molar-refractivity contribution in [3.8, 4) is 0 Å². The minimum Gasteiger partial charge on any atom is -0.381 e. The average molecular weight is 317 g/mol. The zero-order chi connectivity index (χ0) is 16.1. The molecule has 1 aromatic heterocycles. The fraction of sp³-hybridized carbons (Fsp3) is 0.667. The molecule has 23 heavy (non-hydrogen) atoms. The monoisotopic (exact) mass is 317 g/mol. The molecule has 1 amide bonds. The maximum absolute atomic E-state index is 11.1. The maximum atomic E-state index is 11.1. The van der Waals surface area contributed by atoms with E-state index in [-0.39, 0.29) is 5.91 Å². The molecule has 5 nitrogen and oxygen atoms in total. The Bertz CT molecular complexity index is 529. The molecule has 2 aliphatic rings. The molecule has 1 unspecified atom stereocenters. The number of amides is 1. The predicted molar refractivity (Wildman–Crippen MR) is 88.8 cm³/mol. The van der Waals surface area contributed by atoms with Crippen LogP contribution in [-0.4, -0.2) is 42.1 Å². The van der Waals surface area contributed by atoms with E-state index in [0.717, 1.165) is 37.1 Å². The summed E-state index contributed by atoms with van der Waals surface area (Å²) in [6, 6.07) is 6.60. The summed E-state index contributed by atoms with van der Waals surface area (Å²) < 4.78 is 5.47. The normalized spacial score (nSPS) is 23.1. The van der Waals surface area contributed by atoms with E-state index in [9.17, 15) is 4.79 Å². The smallest absolute Gasteiger partial charge is 0.217 e. The lowest BCUT2D eigenvalue weighted by Crippen LogP contribution is -2.32. The zero-order valence-electron chi connectivity index (χ0n) is 14.0. The second kappa shape index (κ2) is 7.88. The summed E-state index contributed by atoms with van der Waals surface area (Å²) in [6.45, 7) is 6.19. The lowest BCUT2D eigenvalue weighted by Gasteiger charge is -2.30. The number of ether oxygens (including phenoxy) is 1. The van der Waals surface area contributed by atoms with Crippen LogP contribution in [0.3, 0.4) is 0 Å². The highest BCUT2D eigenvalue weighted by Gasteiger charge is 2.29. The fourth-order valence-electron chi connectivity index (χ4n) is 3.64. The molecular weight excluding hydrogens is 290 g/mol. The van der Waals surface area contributed by atoms with Gasteiger partial charge in [-0.25, -0.2) is 0 Å². The van der Waals surface area contributed by atoms with Crippen molar-refractivity contribution in [1.29, 1.82) is 0 Å². The molecule has 0 bridgehead atoms. The van der Waals surface area contributed by atoms with Crippen molar-refractivity contribution in [2.24, 2.45) is 5.92 Å². The Kier molecular flexibility index (Phi) is 5.62. The van der Waals surface area contributed by atoms with Crippen LogP contribution in [0.1, 0.15) is 50.0 Å². The van der Waals surface area contributed by atoms with Gasteiger partial charge in [0.25, 0.3) is 0 Å². The van der Waals surface area contributed by atoms with Gasteiger partial charge >= 0.3 is 0 Å². The largest absolute Gasteiger partial charge is 0.381 e.